The molecule has 0 aromatic heterocycles. The number of hydrogen-bond donors (Lipinski definition) is 2. The Balaban J connectivity index is 0. The van der Waals surface area contributed by atoms with Crippen molar-refractivity contribution < 1.29 is 32.2 Å². The highest BCUT2D eigenvalue weighted by molar-refractivity contribution is 4.52. The van der Waals surface area contributed by atoms with Crippen molar-refractivity contribution in [3.8, 4) is 0 Å². The maximum absolute atomic E-state index is 11.3. The largest absolute Gasteiger partial charge is 0.393 e. The molecule has 0 radical (unpaired) electrons. The van der Waals surface area contributed by atoms with E-state index in [9.17, 15) is 22.0 Å². The Bertz CT molecular complexity index is 99.0. The summed E-state index contributed by atoms with van der Waals surface area (Å²) in [5, 5.41) is 15.6. The summed E-state index contributed by atoms with van der Waals surface area (Å²) in [5.41, 5.74) is 0. The quantitative estimate of drug-likeness (QED) is 0.676. The molecule has 0 aromatic carbocycles. The molecule has 1 atom stereocenters. The molecule has 2 nitrogen and oxygen atoms in total. The van der Waals surface area contributed by atoms with Gasteiger partial charge in [0.05, 0.1) is 6.61 Å². The summed E-state index contributed by atoms with van der Waals surface area (Å²) in [6, 6.07) is 0. The van der Waals surface area contributed by atoms with E-state index in [0.717, 1.165) is 0 Å². The van der Waals surface area contributed by atoms with Crippen LogP contribution in [-0.4, -0.2) is 48.9 Å². The Labute approximate surface area is 72.0 Å². The predicted octanol–water partition coefficient (Wildman–Crippen LogP) is 0.868. The van der Waals surface area contributed by atoms with E-state index in [1.807, 2.05) is 0 Å². The second-order valence-corrected chi connectivity index (χ2v) is 2.00. The molecule has 0 fully saturated rings. The first kappa shape index (κ1) is 15.1. The van der Waals surface area contributed by atoms with Crippen molar-refractivity contribution in [2.75, 3.05) is 20.0 Å². The SMILES string of the molecule is OC(CF)CF.OCC(F)C(F)F. The van der Waals surface area contributed by atoms with E-state index in [4.69, 9.17) is 10.2 Å². The molecule has 0 amide bonds. The van der Waals surface area contributed by atoms with E-state index in [2.05, 4.69) is 0 Å². The fourth-order valence-corrected chi connectivity index (χ4v) is 0.121. The summed E-state index contributed by atoms with van der Waals surface area (Å²) in [6.07, 6.45) is -6.82. The molecule has 2 N–H and O–H groups in total. The molecule has 0 spiro atoms. The summed E-state index contributed by atoms with van der Waals surface area (Å²) >= 11 is 0. The third-order valence-electron chi connectivity index (χ3n) is 0.804. The molecule has 0 aliphatic carbocycles. The van der Waals surface area contributed by atoms with E-state index in [0.29, 0.717) is 0 Å². The Hall–Kier alpha value is -0.430. The molecular weight excluding hydrogens is 199 g/mol. The van der Waals surface area contributed by atoms with E-state index in [1.54, 1.807) is 0 Å². The molecule has 0 saturated carbocycles. The van der Waals surface area contributed by atoms with Crippen LogP contribution >= 0.6 is 0 Å². The number of hydrogen-bond acceptors (Lipinski definition) is 2. The number of aliphatic hydroxyl groups excluding tert-OH is 2. The third-order valence-corrected chi connectivity index (χ3v) is 0.804. The maximum Gasteiger partial charge on any atom is 0.271 e. The van der Waals surface area contributed by atoms with Gasteiger partial charge in [-0.3, -0.25) is 0 Å². The molecule has 13 heavy (non-hydrogen) atoms. The van der Waals surface area contributed by atoms with Crippen LogP contribution in [0.4, 0.5) is 22.0 Å². The van der Waals surface area contributed by atoms with Gasteiger partial charge in [0.2, 0.25) is 0 Å². The van der Waals surface area contributed by atoms with Crippen molar-refractivity contribution in [3.63, 3.8) is 0 Å². The Morgan fingerprint density at radius 2 is 1.38 bits per heavy atom. The van der Waals surface area contributed by atoms with Crippen molar-refractivity contribution in [1.82, 2.24) is 0 Å². The molecular formula is C6H11F5O2. The lowest BCUT2D eigenvalue weighted by Crippen LogP contribution is -2.15. The van der Waals surface area contributed by atoms with Crippen LogP contribution in [0.15, 0.2) is 0 Å². The summed E-state index contributed by atoms with van der Waals surface area (Å²) in [6.45, 7) is -3.08. The summed E-state index contributed by atoms with van der Waals surface area (Å²) < 4.78 is 54.8. The molecule has 82 valence electrons. The first-order valence-electron chi connectivity index (χ1n) is 3.32. The number of halogens is 5. The van der Waals surface area contributed by atoms with Crippen LogP contribution in [0.3, 0.4) is 0 Å². The Kier molecular flexibility index (Phi) is 11.2. The standard InChI is InChI=1S/C3H5F3O.C3H6F2O/c4-2(1-7)3(5)6;4-1-3(6)2-5/h2-3,7H,1H2;3,6H,1-2H2. The minimum atomic E-state index is -3.05. The number of aliphatic hydroxyl groups is 2. The van der Waals surface area contributed by atoms with Gasteiger partial charge in [0, 0.05) is 0 Å². The topological polar surface area (TPSA) is 40.5 Å². The zero-order chi connectivity index (χ0) is 10.9. The van der Waals surface area contributed by atoms with E-state index < -0.39 is 38.7 Å². The average molecular weight is 210 g/mol. The fraction of sp³-hybridized carbons (Fsp3) is 1.00. The highest BCUT2D eigenvalue weighted by Gasteiger charge is 2.16. The summed E-state index contributed by atoms with van der Waals surface area (Å²) in [4.78, 5) is 0. The highest BCUT2D eigenvalue weighted by Crippen LogP contribution is 2.02. The number of alkyl halides is 5. The molecule has 0 bridgehead atoms. The van der Waals surface area contributed by atoms with Gasteiger partial charge < -0.3 is 10.2 Å². The van der Waals surface area contributed by atoms with Crippen molar-refractivity contribution in [2.24, 2.45) is 0 Å². The zero-order valence-electron chi connectivity index (χ0n) is 6.64. The van der Waals surface area contributed by atoms with Gasteiger partial charge in [0.1, 0.15) is 19.5 Å². The van der Waals surface area contributed by atoms with Crippen LogP contribution in [-0.2, 0) is 0 Å². The minimum absolute atomic E-state index is 0.990. The van der Waals surface area contributed by atoms with Crippen LogP contribution in [0.5, 0.6) is 0 Å². The molecule has 0 aliphatic rings. The molecule has 0 aliphatic heterocycles. The van der Waals surface area contributed by atoms with Crippen molar-refractivity contribution in [2.45, 2.75) is 18.7 Å². The molecule has 0 rings (SSSR count). The van der Waals surface area contributed by atoms with Crippen molar-refractivity contribution in [3.05, 3.63) is 0 Å². The normalized spacial score (nSPS) is 12.7. The Morgan fingerprint density at radius 3 is 1.38 bits per heavy atom. The fourth-order valence-electron chi connectivity index (χ4n) is 0.121. The van der Waals surface area contributed by atoms with Crippen LogP contribution in [0.2, 0.25) is 0 Å². The van der Waals surface area contributed by atoms with Gasteiger partial charge in [0.25, 0.3) is 6.43 Å². The van der Waals surface area contributed by atoms with Gasteiger partial charge in [-0.05, 0) is 0 Å². The third kappa shape index (κ3) is 11.6. The Morgan fingerprint density at radius 1 is 1.00 bits per heavy atom. The molecule has 0 aromatic rings. The smallest absolute Gasteiger partial charge is 0.271 e. The van der Waals surface area contributed by atoms with Crippen molar-refractivity contribution >= 4 is 0 Å². The first-order valence-corrected chi connectivity index (χ1v) is 3.32. The lowest BCUT2D eigenvalue weighted by Gasteiger charge is -1.98. The van der Waals surface area contributed by atoms with Gasteiger partial charge in [-0.1, -0.05) is 0 Å². The minimum Gasteiger partial charge on any atom is -0.393 e. The maximum atomic E-state index is 11.3. The van der Waals surface area contributed by atoms with Gasteiger partial charge in [-0.2, -0.15) is 0 Å². The predicted molar refractivity (Wildman–Crippen MR) is 35.9 cm³/mol. The lowest BCUT2D eigenvalue weighted by atomic mass is 10.4. The summed E-state index contributed by atoms with van der Waals surface area (Å²) in [5.74, 6) is 0. The first-order chi connectivity index (χ1) is 5.99. The van der Waals surface area contributed by atoms with E-state index >= 15 is 0 Å². The average Bonchev–Trinajstić information content (AvgIpc) is 2.16. The van der Waals surface area contributed by atoms with Crippen LogP contribution in [0.1, 0.15) is 0 Å². The van der Waals surface area contributed by atoms with E-state index in [1.165, 1.54) is 0 Å². The van der Waals surface area contributed by atoms with Gasteiger partial charge >= 0.3 is 0 Å². The number of rotatable bonds is 4. The van der Waals surface area contributed by atoms with Crippen molar-refractivity contribution in [1.29, 1.82) is 0 Å². The van der Waals surface area contributed by atoms with Gasteiger partial charge in [-0.25, -0.2) is 22.0 Å². The summed E-state index contributed by atoms with van der Waals surface area (Å²) in [7, 11) is 0. The van der Waals surface area contributed by atoms with Crippen LogP contribution in [0.25, 0.3) is 0 Å². The van der Waals surface area contributed by atoms with Crippen LogP contribution < -0.4 is 0 Å². The van der Waals surface area contributed by atoms with Gasteiger partial charge in [-0.15, -0.1) is 0 Å². The lowest BCUT2D eigenvalue weighted by molar-refractivity contribution is 0.0170. The van der Waals surface area contributed by atoms with Gasteiger partial charge in [0.15, 0.2) is 6.17 Å². The molecule has 0 saturated heterocycles. The molecule has 7 heteroatoms. The second-order valence-electron chi connectivity index (χ2n) is 2.00. The van der Waals surface area contributed by atoms with Crippen LogP contribution in [0, 0.1) is 0 Å². The van der Waals surface area contributed by atoms with E-state index in [-0.39, 0.29) is 0 Å². The highest BCUT2D eigenvalue weighted by atomic mass is 19.3. The zero-order valence-corrected chi connectivity index (χ0v) is 6.64. The molecule has 0 heterocycles. The molecule has 1 unspecified atom stereocenters. The monoisotopic (exact) mass is 210 g/mol. The second kappa shape index (κ2) is 9.66.